The summed E-state index contributed by atoms with van der Waals surface area (Å²) in [5, 5.41) is 2.83. The fraction of sp³-hybridized carbons (Fsp3) is 0.167. The normalized spacial score (nSPS) is 10.7. The summed E-state index contributed by atoms with van der Waals surface area (Å²) in [5.41, 5.74) is 3.59. The summed E-state index contributed by atoms with van der Waals surface area (Å²) in [6.45, 7) is 2.38. The van der Waals surface area contributed by atoms with Crippen LogP contribution in [0, 0.1) is 0 Å². The van der Waals surface area contributed by atoms with Gasteiger partial charge in [0, 0.05) is 24.1 Å². The van der Waals surface area contributed by atoms with E-state index in [0.29, 0.717) is 23.8 Å². The highest BCUT2D eigenvalue weighted by atomic mass is 16.5. The zero-order valence-corrected chi connectivity index (χ0v) is 16.7. The van der Waals surface area contributed by atoms with Gasteiger partial charge in [0.25, 0.3) is 5.91 Å². The number of aromatic nitrogens is 2. The van der Waals surface area contributed by atoms with Gasteiger partial charge in [0.05, 0.1) is 5.69 Å². The molecular weight excluding hydrogens is 378 g/mol. The Morgan fingerprint density at radius 2 is 1.87 bits per heavy atom. The molecule has 4 rings (SSSR count). The number of ether oxygens (including phenoxy) is 2. The number of benzene rings is 2. The third-order valence-corrected chi connectivity index (χ3v) is 4.62. The fourth-order valence-electron chi connectivity index (χ4n) is 3.04. The quantitative estimate of drug-likeness (QED) is 0.472. The highest BCUT2D eigenvalue weighted by Gasteiger charge is 2.06. The van der Waals surface area contributed by atoms with E-state index in [1.54, 1.807) is 6.07 Å². The zero-order valence-electron chi connectivity index (χ0n) is 16.7. The van der Waals surface area contributed by atoms with Crippen molar-refractivity contribution >= 4 is 17.2 Å². The molecule has 0 aliphatic heterocycles. The molecule has 6 nitrogen and oxygen atoms in total. The average Bonchev–Trinajstić information content (AvgIpc) is 3.20. The van der Waals surface area contributed by atoms with Gasteiger partial charge in [0.1, 0.15) is 23.8 Å². The molecule has 1 amide bonds. The summed E-state index contributed by atoms with van der Waals surface area (Å²) < 4.78 is 13.3. The number of rotatable bonds is 8. The molecule has 30 heavy (non-hydrogen) atoms. The third-order valence-electron chi connectivity index (χ3n) is 4.62. The van der Waals surface area contributed by atoms with E-state index in [4.69, 9.17) is 9.47 Å². The number of nitrogens with one attached hydrogen (secondary N) is 1. The molecule has 0 aliphatic rings. The van der Waals surface area contributed by atoms with Crippen LogP contribution in [0.3, 0.4) is 0 Å². The maximum atomic E-state index is 12.2. The monoisotopic (exact) mass is 401 g/mol. The standard InChI is InChI=1S/C24H23N3O3/c1-2-18-9-11-21(12-10-18)30-17-24(28)26-19-6-5-7-22(14-19)29-16-20-15-27-13-4-3-8-23(27)25-20/h3-15H,2,16-17H2,1H3,(H,26,28). The van der Waals surface area contributed by atoms with Crippen molar-refractivity contribution in [3.63, 3.8) is 0 Å². The van der Waals surface area contributed by atoms with Crippen LogP contribution in [0.2, 0.25) is 0 Å². The lowest BCUT2D eigenvalue weighted by Gasteiger charge is -2.10. The Labute approximate surface area is 175 Å². The zero-order chi connectivity index (χ0) is 20.8. The maximum Gasteiger partial charge on any atom is 0.262 e. The van der Waals surface area contributed by atoms with Crippen molar-refractivity contribution in [1.29, 1.82) is 0 Å². The number of nitrogens with zero attached hydrogens (tertiary/aromatic N) is 2. The number of hydrogen-bond donors (Lipinski definition) is 1. The Kier molecular flexibility index (Phi) is 5.94. The van der Waals surface area contributed by atoms with Crippen molar-refractivity contribution in [3.8, 4) is 11.5 Å². The summed E-state index contributed by atoms with van der Waals surface area (Å²) in [5.74, 6) is 1.10. The van der Waals surface area contributed by atoms with Crippen molar-refractivity contribution in [2.45, 2.75) is 20.0 Å². The summed E-state index contributed by atoms with van der Waals surface area (Å²) in [4.78, 5) is 16.7. The van der Waals surface area contributed by atoms with E-state index in [2.05, 4.69) is 17.2 Å². The molecule has 2 aromatic heterocycles. The molecule has 0 saturated heterocycles. The number of pyridine rings is 1. The van der Waals surface area contributed by atoms with E-state index in [1.165, 1.54) is 5.56 Å². The smallest absolute Gasteiger partial charge is 0.262 e. The van der Waals surface area contributed by atoms with Crippen LogP contribution in [0.15, 0.2) is 79.1 Å². The summed E-state index contributed by atoms with van der Waals surface area (Å²) in [6, 6.07) is 20.9. The van der Waals surface area contributed by atoms with Gasteiger partial charge in [-0.25, -0.2) is 4.98 Å². The topological polar surface area (TPSA) is 64.9 Å². The van der Waals surface area contributed by atoms with E-state index in [9.17, 15) is 4.79 Å². The molecule has 4 aromatic rings. The molecule has 2 heterocycles. The Balaban J connectivity index is 1.30. The largest absolute Gasteiger partial charge is 0.487 e. The highest BCUT2D eigenvalue weighted by molar-refractivity contribution is 5.92. The van der Waals surface area contributed by atoms with Gasteiger partial charge < -0.3 is 19.2 Å². The van der Waals surface area contributed by atoms with Crippen LogP contribution >= 0.6 is 0 Å². The lowest BCUT2D eigenvalue weighted by Crippen LogP contribution is -2.20. The molecule has 0 fully saturated rings. The number of carbonyl (C=O) groups excluding carboxylic acids is 1. The first-order valence-electron chi connectivity index (χ1n) is 9.86. The van der Waals surface area contributed by atoms with Crippen LogP contribution < -0.4 is 14.8 Å². The van der Waals surface area contributed by atoms with Crippen LogP contribution in [0.5, 0.6) is 11.5 Å². The number of aryl methyl sites for hydroxylation is 1. The second-order valence-corrected chi connectivity index (χ2v) is 6.85. The minimum absolute atomic E-state index is 0.0577. The molecule has 0 saturated carbocycles. The van der Waals surface area contributed by atoms with Gasteiger partial charge in [-0.3, -0.25) is 4.79 Å². The van der Waals surface area contributed by atoms with E-state index in [0.717, 1.165) is 17.8 Å². The first kappa shape index (κ1) is 19.5. The van der Waals surface area contributed by atoms with Crippen molar-refractivity contribution in [3.05, 3.63) is 90.4 Å². The molecule has 152 valence electrons. The van der Waals surface area contributed by atoms with E-state index >= 15 is 0 Å². The van der Waals surface area contributed by atoms with Gasteiger partial charge in [0.2, 0.25) is 0 Å². The molecular formula is C24H23N3O3. The van der Waals surface area contributed by atoms with Gasteiger partial charge in [-0.15, -0.1) is 0 Å². The van der Waals surface area contributed by atoms with Gasteiger partial charge >= 0.3 is 0 Å². The Hall–Kier alpha value is -3.80. The van der Waals surface area contributed by atoms with Gasteiger partial charge in [0.15, 0.2) is 6.61 Å². The lowest BCUT2D eigenvalue weighted by molar-refractivity contribution is -0.118. The molecule has 0 atom stereocenters. The second kappa shape index (κ2) is 9.13. The van der Waals surface area contributed by atoms with E-state index in [1.807, 2.05) is 77.5 Å². The SMILES string of the molecule is CCc1ccc(OCC(=O)Nc2cccc(OCc3cn4ccccc4n3)c2)cc1. The minimum atomic E-state index is -0.230. The van der Waals surface area contributed by atoms with Crippen LogP contribution in [0.4, 0.5) is 5.69 Å². The summed E-state index contributed by atoms with van der Waals surface area (Å²) in [6.07, 6.45) is 4.85. The molecule has 6 heteroatoms. The Morgan fingerprint density at radius 3 is 2.67 bits per heavy atom. The number of imidazole rings is 1. The number of anilines is 1. The number of hydrogen-bond acceptors (Lipinski definition) is 4. The lowest BCUT2D eigenvalue weighted by atomic mass is 10.2. The number of amides is 1. The molecule has 0 radical (unpaired) electrons. The highest BCUT2D eigenvalue weighted by Crippen LogP contribution is 2.19. The van der Waals surface area contributed by atoms with Crippen molar-refractivity contribution in [2.24, 2.45) is 0 Å². The van der Waals surface area contributed by atoms with Crippen molar-refractivity contribution in [1.82, 2.24) is 9.38 Å². The molecule has 2 aromatic carbocycles. The van der Waals surface area contributed by atoms with Crippen LogP contribution in [-0.2, 0) is 17.8 Å². The van der Waals surface area contributed by atoms with Crippen LogP contribution in [-0.4, -0.2) is 21.9 Å². The summed E-state index contributed by atoms with van der Waals surface area (Å²) in [7, 11) is 0. The first-order valence-corrected chi connectivity index (χ1v) is 9.86. The maximum absolute atomic E-state index is 12.2. The molecule has 0 bridgehead atoms. The Bertz CT molecular complexity index is 1100. The van der Waals surface area contributed by atoms with Gasteiger partial charge in [-0.1, -0.05) is 31.2 Å². The fourth-order valence-corrected chi connectivity index (χ4v) is 3.04. The number of carbonyl (C=O) groups is 1. The molecule has 0 unspecified atom stereocenters. The minimum Gasteiger partial charge on any atom is -0.487 e. The van der Waals surface area contributed by atoms with Crippen LogP contribution in [0.1, 0.15) is 18.2 Å². The molecule has 0 aliphatic carbocycles. The molecule has 1 N–H and O–H groups in total. The van der Waals surface area contributed by atoms with E-state index in [-0.39, 0.29) is 12.5 Å². The average molecular weight is 401 g/mol. The predicted octanol–water partition coefficient (Wildman–Crippen LogP) is 4.49. The van der Waals surface area contributed by atoms with Crippen molar-refractivity contribution < 1.29 is 14.3 Å². The van der Waals surface area contributed by atoms with Gasteiger partial charge in [-0.2, -0.15) is 0 Å². The predicted molar refractivity (Wildman–Crippen MR) is 116 cm³/mol. The second-order valence-electron chi connectivity index (χ2n) is 6.85. The van der Waals surface area contributed by atoms with Crippen LogP contribution in [0.25, 0.3) is 5.65 Å². The van der Waals surface area contributed by atoms with Crippen molar-refractivity contribution in [2.75, 3.05) is 11.9 Å². The third kappa shape index (κ3) is 4.97. The number of fused-ring (bicyclic) bond motifs is 1. The van der Waals surface area contributed by atoms with E-state index < -0.39 is 0 Å². The van der Waals surface area contributed by atoms with Gasteiger partial charge in [-0.05, 0) is 48.4 Å². The Morgan fingerprint density at radius 1 is 1.00 bits per heavy atom. The molecule has 0 spiro atoms. The summed E-state index contributed by atoms with van der Waals surface area (Å²) >= 11 is 0. The first-order chi connectivity index (χ1) is 14.7.